The zero-order chi connectivity index (χ0) is 18.0. The molecule has 0 aliphatic heterocycles. The molecule has 0 aliphatic carbocycles. The predicted octanol–water partition coefficient (Wildman–Crippen LogP) is 1.53. The maximum absolute atomic E-state index is 12.4. The third-order valence-electron chi connectivity index (χ3n) is 3.45. The highest BCUT2D eigenvalue weighted by Gasteiger charge is 2.12. The van der Waals surface area contributed by atoms with E-state index in [0.717, 1.165) is 0 Å². The van der Waals surface area contributed by atoms with Crippen molar-refractivity contribution in [1.82, 2.24) is 19.3 Å². The van der Waals surface area contributed by atoms with Crippen LogP contribution in [0.2, 0.25) is 10.0 Å². The molecule has 0 saturated heterocycles. The minimum absolute atomic E-state index is 0.117. The molecule has 2 heterocycles. The summed E-state index contributed by atoms with van der Waals surface area (Å²) in [5.74, 6) is -0.413. The fraction of sp³-hybridized carbons (Fsp3) is 0.200. The van der Waals surface area contributed by atoms with E-state index in [0.29, 0.717) is 21.4 Å². The molecule has 0 aliphatic rings. The van der Waals surface area contributed by atoms with Crippen LogP contribution in [0.1, 0.15) is 0 Å². The monoisotopic (exact) mass is 381 g/mol. The van der Waals surface area contributed by atoms with Crippen LogP contribution in [-0.4, -0.2) is 37.0 Å². The molecule has 3 rings (SSSR count). The SMILES string of the molecule is O=C(Cn1cnc2c(cnn2CCO)c1=O)Nc1ccc(Cl)c(Cl)c1. The highest BCUT2D eigenvalue weighted by molar-refractivity contribution is 6.42. The first-order valence-electron chi connectivity index (χ1n) is 7.26. The van der Waals surface area contributed by atoms with E-state index in [1.54, 1.807) is 12.1 Å². The zero-order valence-corrected chi connectivity index (χ0v) is 14.3. The highest BCUT2D eigenvalue weighted by Crippen LogP contribution is 2.24. The summed E-state index contributed by atoms with van der Waals surface area (Å²) in [6.07, 6.45) is 2.64. The van der Waals surface area contributed by atoms with Gasteiger partial charge < -0.3 is 10.4 Å². The van der Waals surface area contributed by atoms with Gasteiger partial charge in [0.25, 0.3) is 5.56 Å². The molecule has 0 unspecified atom stereocenters. The maximum Gasteiger partial charge on any atom is 0.264 e. The lowest BCUT2D eigenvalue weighted by atomic mass is 10.3. The zero-order valence-electron chi connectivity index (χ0n) is 12.8. The topological polar surface area (TPSA) is 102 Å². The minimum Gasteiger partial charge on any atom is -0.394 e. The van der Waals surface area contributed by atoms with E-state index in [-0.39, 0.29) is 25.1 Å². The molecular formula is C15H13Cl2N5O3. The molecule has 2 N–H and O–H groups in total. The van der Waals surface area contributed by atoms with Gasteiger partial charge in [0, 0.05) is 5.69 Å². The number of aromatic nitrogens is 4. The average molecular weight is 382 g/mol. The Hall–Kier alpha value is -2.42. The van der Waals surface area contributed by atoms with E-state index < -0.39 is 11.5 Å². The summed E-state index contributed by atoms with van der Waals surface area (Å²) < 4.78 is 2.61. The number of anilines is 1. The molecule has 3 aromatic rings. The summed E-state index contributed by atoms with van der Waals surface area (Å²) in [5.41, 5.74) is 0.441. The number of halogens is 2. The Balaban J connectivity index is 1.80. The van der Waals surface area contributed by atoms with Crippen LogP contribution >= 0.6 is 23.2 Å². The minimum atomic E-state index is -0.413. The summed E-state index contributed by atoms with van der Waals surface area (Å²) in [4.78, 5) is 28.7. The number of carbonyl (C=O) groups is 1. The van der Waals surface area contributed by atoms with Gasteiger partial charge in [-0.2, -0.15) is 5.10 Å². The van der Waals surface area contributed by atoms with Crippen molar-refractivity contribution in [3.05, 3.63) is 51.1 Å². The number of aliphatic hydroxyl groups is 1. The van der Waals surface area contributed by atoms with Crippen LogP contribution in [0.4, 0.5) is 5.69 Å². The summed E-state index contributed by atoms with van der Waals surface area (Å²) >= 11 is 11.7. The van der Waals surface area contributed by atoms with E-state index in [9.17, 15) is 9.59 Å². The van der Waals surface area contributed by atoms with Crippen molar-refractivity contribution in [2.45, 2.75) is 13.1 Å². The number of amides is 1. The number of fused-ring (bicyclic) bond motifs is 1. The van der Waals surface area contributed by atoms with Crippen LogP contribution in [0.15, 0.2) is 35.5 Å². The van der Waals surface area contributed by atoms with Crippen molar-refractivity contribution >= 4 is 45.8 Å². The van der Waals surface area contributed by atoms with E-state index in [1.807, 2.05) is 0 Å². The molecule has 130 valence electrons. The van der Waals surface area contributed by atoms with Gasteiger partial charge >= 0.3 is 0 Å². The molecule has 8 nitrogen and oxygen atoms in total. The van der Waals surface area contributed by atoms with Gasteiger partial charge in [0.05, 0.1) is 29.4 Å². The highest BCUT2D eigenvalue weighted by atomic mass is 35.5. The molecule has 0 radical (unpaired) electrons. The van der Waals surface area contributed by atoms with Crippen molar-refractivity contribution in [3.63, 3.8) is 0 Å². The quantitative estimate of drug-likeness (QED) is 0.697. The van der Waals surface area contributed by atoms with Crippen molar-refractivity contribution in [2.24, 2.45) is 0 Å². The normalized spacial score (nSPS) is 11.0. The average Bonchev–Trinajstić information content (AvgIpc) is 2.98. The van der Waals surface area contributed by atoms with Gasteiger partial charge in [-0.1, -0.05) is 23.2 Å². The molecule has 0 saturated carbocycles. The van der Waals surface area contributed by atoms with E-state index >= 15 is 0 Å². The Labute approximate surface area is 151 Å². The van der Waals surface area contributed by atoms with Crippen molar-refractivity contribution < 1.29 is 9.90 Å². The van der Waals surface area contributed by atoms with Crippen LogP contribution in [0.25, 0.3) is 11.0 Å². The third kappa shape index (κ3) is 3.65. The molecule has 10 heteroatoms. The maximum atomic E-state index is 12.4. The Morgan fingerprint density at radius 1 is 1.28 bits per heavy atom. The van der Waals surface area contributed by atoms with Crippen LogP contribution in [0.3, 0.4) is 0 Å². The van der Waals surface area contributed by atoms with Gasteiger partial charge in [-0.25, -0.2) is 9.67 Å². The van der Waals surface area contributed by atoms with E-state index in [1.165, 1.54) is 27.8 Å². The van der Waals surface area contributed by atoms with Crippen molar-refractivity contribution in [3.8, 4) is 0 Å². The van der Waals surface area contributed by atoms with Gasteiger partial charge in [0.2, 0.25) is 5.91 Å². The molecule has 1 aromatic carbocycles. The fourth-order valence-corrected chi connectivity index (χ4v) is 2.60. The standard InChI is InChI=1S/C15H13Cl2N5O3/c16-11-2-1-9(5-12(11)17)20-13(24)7-21-8-18-14-10(15(21)25)6-19-22(14)3-4-23/h1-2,5-6,8,23H,3-4,7H2,(H,20,24). The summed E-state index contributed by atoms with van der Waals surface area (Å²) in [6.45, 7) is -0.0986. The molecule has 0 atom stereocenters. The molecule has 2 aromatic heterocycles. The van der Waals surface area contributed by atoms with Crippen molar-refractivity contribution in [1.29, 1.82) is 0 Å². The lowest BCUT2D eigenvalue weighted by Gasteiger charge is -2.08. The second-order valence-corrected chi connectivity index (χ2v) is 6.00. The largest absolute Gasteiger partial charge is 0.394 e. The second kappa shape index (κ2) is 7.22. The van der Waals surface area contributed by atoms with Crippen molar-refractivity contribution in [2.75, 3.05) is 11.9 Å². The number of hydrogen-bond acceptors (Lipinski definition) is 5. The lowest BCUT2D eigenvalue weighted by molar-refractivity contribution is -0.116. The van der Waals surface area contributed by atoms with E-state index in [4.69, 9.17) is 28.3 Å². The van der Waals surface area contributed by atoms with Crippen LogP contribution in [0, 0.1) is 0 Å². The van der Waals surface area contributed by atoms with Gasteiger partial charge in [-0.15, -0.1) is 0 Å². The van der Waals surface area contributed by atoms with Gasteiger partial charge in [-0.05, 0) is 18.2 Å². The smallest absolute Gasteiger partial charge is 0.264 e. The Bertz CT molecular complexity index is 998. The van der Waals surface area contributed by atoms with Crippen LogP contribution in [0.5, 0.6) is 0 Å². The number of carbonyl (C=O) groups excluding carboxylic acids is 1. The van der Waals surface area contributed by atoms with E-state index in [2.05, 4.69) is 15.4 Å². The molecule has 25 heavy (non-hydrogen) atoms. The summed E-state index contributed by atoms with van der Waals surface area (Å²) in [5, 5.41) is 16.6. The number of nitrogens with zero attached hydrogens (tertiary/aromatic N) is 4. The van der Waals surface area contributed by atoms with Crippen LogP contribution in [-0.2, 0) is 17.9 Å². The first kappa shape index (κ1) is 17.4. The first-order chi connectivity index (χ1) is 12.0. The second-order valence-electron chi connectivity index (χ2n) is 5.18. The predicted molar refractivity (Wildman–Crippen MR) is 94.0 cm³/mol. The molecular weight excluding hydrogens is 369 g/mol. The Morgan fingerprint density at radius 2 is 2.08 bits per heavy atom. The number of hydrogen-bond donors (Lipinski definition) is 2. The molecule has 0 bridgehead atoms. The van der Waals surface area contributed by atoms with Gasteiger partial charge in [-0.3, -0.25) is 14.2 Å². The third-order valence-corrected chi connectivity index (χ3v) is 4.19. The van der Waals surface area contributed by atoms with Gasteiger partial charge in [0.15, 0.2) is 5.65 Å². The molecule has 0 spiro atoms. The Morgan fingerprint density at radius 3 is 2.80 bits per heavy atom. The summed E-state index contributed by atoms with van der Waals surface area (Å²) in [7, 11) is 0. The number of rotatable bonds is 5. The van der Waals surface area contributed by atoms with Crippen LogP contribution < -0.4 is 10.9 Å². The first-order valence-corrected chi connectivity index (χ1v) is 8.02. The Kier molecular flexibility index (Phi) is 5.03. The number of nitrogens with one attached hydrogen (secondary N) is 1. The number of benzene rings is 1. The summed E-state index contributed by atoms with van der Waals surface area (Å²) in [6, 6.07) is 4.69. The lowest BCUT2D eigenvalue weighted by Crippen LogP contribution is -2.28. The number of aliphatic hydroxyl groups excluding tert-OH is 1. The molecule has 1 amide bonds. The molecule has 0 fully saturated rings. The fourth-order valence-electron chi connectivity index (χ4n) is 2.30. The van der Waals surface area contributed by atoms with Gasteiger partial charge in [0.1, 0.15) is 18.3 Å².